The van der Waals surface area contributed by atoms with E-state index in [0.29, 0.717) is 6.07 Å². The average Bonchev–Trinajstić information content (AvgIpc) is 2.40. The molecule has 0 heterocycles. The van der Waals surface area contributed by atoms with Crippen LogP contribution >= 0.6 is 46.4 Å². The summed E-state index contributed by atoms with van der Waals surface area (Å²) in [6.45, 7) is 0. The van der Waals surface area contributed by atoms with Crippen molar-refractivity contribution in [2.75, 3.05) is 5.73 Å². The molecule has 0 atom stereocenters. The number of ketones is 1. The van der Waals surface area contributed by atoms with Gasteiger partial charge in [-0.2, -0.15) is 0 Å². The van der Waals surface area contributed by atoms with Crippen molar-refractivity contribution in [2.45, 2.75) is 0 Å². The molecule has 0 unspecified atom stereocenters. The number of nitrogens with two attached hydrogens (primary N) is 1. The van der Waals surface area contributed by atoms with Gasteiger partial charge in [0.15, 0.2) is 11.6 Å². The summed E-state index contributed by atoms with van der Waals surface area (Å²) in [6.07, 6.45) is 0. The molecule has 0 amide bonds. The van der Waals surface area contributed by atoms with E-state index in [0.717, 1.165) is 6.07 Å². The van der Waals surface area contributed by atoms with Crippen molar-refractivity contribution in [2.24, 2.45) is 0 Å². The predicted octanol–water partition coefficient (Wildman–Crippen LogP) is 5.39. The minimum absolute atomic E-state index is 0.0300. The lowest BCUT2D eigenvalue weighted by molar-refractivity contribution is 0.103. The maximum atomic E-state index is 13.9. The predicted molar refractivity (Wildman–Crippen MR) is 80.7 cm³/mol. The molecule has 0 aliphatic rings. The number of halogens is 6. The summed E-state index contributed by atoms with van der Waals surface area (Å²) in [7, 11) is 0. The van der Waals surface area contributed by atoms with Crippen LogP contribution in [0.5, 0.6) is 0 Å². The molecule has 110 valence electrons. The Morgan fingerprint density at radius 3 is 2.19 bits per heavy atom. The lowest BCUT2D eigenvalue weighted by Gasteiger charge is -2.10. The summed E-state index contributed by atoms with van der Waals surface area (Å²) in [5, 5.41) is -0.471. The lowest BCUT2D eigenvalue weighted by atomic mass is 10.0. The maximum absolute atomic E-state index is 13.9. The Bertz CT molecular complexity index is 765. The molecule has 2 rings (SSSR count). The molecule has 0 radical (unpaired) electrons. The van der Waals surface area contributed by atoms with Crippen molar-refractivity contribution in [3.8, 4) is 0 Å². The SMILES string of the molecule is Nc1cc(F)cc(C(=O)c2c(Cl)cc(Cl)c(Cl)c2Cl)c1F. The van der Waals surface area contributed by atoms with Gasteiger partial charge in [0.05, 0.1) is 36.9 Å². The first-order valence-electron chi connectivity index (χ1n) is 5.36. The summed E-state index contributed by atoms with van der Waals surface area (Å²) < 4.78 is 27.2. The zero-order valence-electron chi connectivity index (χ0n) is 9.99. The molecule has 8 heteroatoms. The molecular formula is C13H5Cl4F2NO. The highest BCUT2D eigenvalue weighted by atomic mass is 35.5. The molecule has 0 saturated carbocycles. The molecule has 0 aromatic heterocycles. The van der Waals surface area contributed by atoms with E-state index in [1.165, 1.54) is 6.07 Å². The quantitative estimate of drug-likeness (QED) is 0.333. The second-order valence-corrected chi connectivity index (χ2v) is 5.60. The van der Waals surface area contributed by atoms with Crippen LogP contribution in [-0.2, 0) is 0 Å². The monoisotopic (exact) mass is 369 g/mol. The van der Waals surface area contributed by atoms with Crippen LogP contribution in [0.15, 0.2) is 18.2 Å². The fourth-order valence-corrected chi connectivity index (χ4v) is 2.77. The Balaban J connectivity index is 2.70. The van der Waals surface area contributed by atoms with E-state index in [-0.39, 0.29) is 25.7 Å². The molecule has 2 N–H and O–H groups in total. The molecular weight excluding hydrogens is 366 g/mol. The van der Waals surface area contributed by atoms with Gasteiger partial charge in [-0.05, 0) is 18.2 Å². The summed E-state index contributed by atoms with van der Waals surface area (Å²) >= 11 is 23.4. The zero-order chi connectivity index (χ0) is 15.9. The summed E-state index contributed by atoms with van der Waals surface area (Å²) in [4.78, 5) is 12.3. The van der Waals surface area contributed by atoms with Crippen molar-refractivity contribution < 1.29 is 13.6 Å². The number of carbonyl (C=O) groups excluding carboxylic acids is 1. The van der Waals surface area contributed by atoms with E-state index in [1.54, 1.807) is 0 Å². The van der Waals surface area contributed by atoms with E-state index < -0.39 is 28.7 Å². The largest absolute Gasteiger partial charge is 0.396 e. The third kappa shape index (κ3) is 2.94. The van der Waals surface area contributed by atoms with Gasteiger partial charge in [0.2, 0.25) is 0 Å². The highest BCUT2D eigenvalue weighted by Gasteiger charge is 2.24. The van der Waals surface area contributed by atoms with Gasteiger partial charge in [0.25, 0.3) is 0 Å². The molecule has 0 saturated heterocycles. The second kappa shape index (κ2) is 5.97. The van der Waals surface area contributed by atoms with Gasteiger partial charge >= 0.3 is 0 Å². The number of hydrogen-bond acceptors (Lipinski definition) is 2. The molecule has 2 nitrogen and oxygen atoms in total. The number of nitrogen functional groups attached to an aromatic ring is 1. The van der Waals surface area contributed by atoms with Crippen LogP contribution in [0.4, 0.5) is 14.5 Å². The molecule has 0 fully saturated rings. The van der Waals surface area contributed by atoms with E-state index >= 15 is 0 Å². The third-order valence-corrected chi connectivity index (χ3v) is 4.21. The first-order valence-corrected chi connectivity index (χ1v) is 6.87. The Morgan fingerprint density at radius 2 is 1.57 bits per heavy atom. The molecule has 21 heavy (non-hydrogen) atoms. The van der Waals surface area contributed by atoms with Gasteiger partial charge in [0, 0.05) is 0 Å². The smallest absolute Gasteiger partial charge is 0.199 e. The standard InChI is InChI=1S/C13H5Cl4F2NO/c14-6-3-7(15)10(16)11(17)9(6)13(21)5-1-4(18)2-8(20)12(5)19/h1-3H,20H2. The van der Waals surface area contributed by atoms with Crippen molar-refractivity contribution >= 4 is 57.9 Å². The highest BCUT2D eigenvalue weighted by Crippen LogP contribution is 2.39. The maximum Gasteiger partial charge on any atom is 0.199 e. The summed E-state index contributed by atoms with van der Waals surface area (Å²) in [5.74, 6) is -2.89. The van der Waals surface area contributed by atoms with E-state index in [9.17, 15) is 13.6 Å². The summed E-state index contributed by atoms with van der Waals surface area (Å²) in [6, 6.07) is 2.64. The lowest BCUT2D eigenvalue weighted by Crippen LogP contribution is -2.09. The van der Waals surface area contributed by atoms with Gasteiger partial charge in [-0.25, -0.2) is 8.78 Å². The van der Waals surface area contributed by atoms with Crippen LogP contribution in [-0.4, -0.2) is 5.78 Å². The fourth-order valence-electron chi connectivity index (χ4n) is 1.68. The molecule has 0 spiro atoms. The van der Waals surface area contributed by atoms with Gasteiger partial charge in [-0.15, -0.1) is 0 Å². The second-order valence-electron chi connectivity index (χ2n) is 4.03. The number of hydrogen-bond donors (Lipinski definition) is 1. The topological polar surface area (TPSA) is 43.1 Å². The van der Waals surface area contributed by atoms with Gasteiger partial charge in [-0.1, -0.05) is 46.4 Å². The Kier molecular flexibility index (Phi) is 4.63. The van der Waals surface area contributed by atoms with Crippen LogP contribution in [0.2, 0.25) is 20.1 Å². The number of rotatable bonds is 2. The number of anilines is 1. The fraction of sp³-hybridized carbons (Fsp3) is 0. The minimum Gasteiger partial charge on any atom is -0.396 e. The normalized spacial score (nSPS) is 10.8. The summed E-state index contributed by atoms with van der Waals surface area (Å²) in [5.41, 5.74) is 3.90. The van der Waals surface area contributed by atoms with Gasteiger partial charge in [-0.3, -0.25) is 4.79 Å². The highest BCUT2D eigenvalue weighted by molar-refractivity contribution is 6.51. The Hall–Kier alpha value is -1.07. The van der Waals surface area contributed by atoms with E-state index in [4.69, 9.17) is 52.1 Å². The van der Waals surface area contributed by atoms with Crippen LogP contribution in [0.3, 0.4) is 0 Å². The van der Waals surface area contributed by atoms with Crippen molar-refractivity contribution in [1.82, 2.24) is 0 Å². The van der Waals surface area contributed by atoms with Crippen LogP contribution in [0.1, 0.15) is 15.9 Å². The number of carbonyl (C=O) groups is 1. The first kappa shape index (κ1) is 16.3. The van der Waals surface area contributed by atoms with Crippen molar-refractivity contribution in [3.05, 3.63) is 61.1 Å². The molecule has 2 aromatic rings. The third-order valence-electron chi connectivity index (χ3n) is 2.65. The molecule has 0 bridgehead atoms. The first-order chi connectivity index (χ1) is 9.73. The molecule has 0 aliphatic heterocycles. The molecule has 0 aliphatic carbocycles. The van der Waals surface area contributed by atoms with Crippen molar-refractivity contribution in [1.29, 1.82) is 0 Å². The number of benzene rings is 2. The molecule has 2 aromatic carbocycles. The zero-order valence-corrected chi connectivity index (χ0v) is 13.0. The van der Waals surface area contributed by atoms with E-state index in [1.807, 2.05) is 0 Å². The van der Waals surface area contributed by atoms with Gasteiger partial charge in [0.1, 0.15) is 5.82 Å². The minimum atomic E-state index is -1.07. The van der Waals surface area contributed by atoms with E-state index in [2.05, 4.69) is 0 Å². The van der Waals surface area contributed by atoms with Gasteiger partial charge < -0.3 is 5.73 Å². The Morgan fingerprint density at radius 1 is 0.952 bits per heavy atom. The Labute approximate surface area is 138 Å². The van der Waals surface area contributed by atoms with Crippen molar-refractivity contribution in [3.63, 3.8) is 0 Å². The average molecular weight is 371 g/mol. The van der Waals surface area contributed by atoms with Crippen LogP contribution in [0.25, 0.3) is 0 Å². The van der Waals surface area contributed by atoms with Crippen LogP contribution < -0.4 is 5.73 Å². The van der Waals surface area contributed by atoms with Crippen LogP contribution in [0, 0.1) is 11.6 Å².